The molecule has 3 aliphatic rings. The van der Waals surface area contributed by atoms with Crippen LogP contribution in [-0.2, 0) is 19.1 Å². The summed E-state index contributed by atoms with van der Waals surface area (Å²) in [7, 11) is 1.64. The Hall–Kier alpha value is -4.57. The molecule has 0 spiro atoms. The van der Waals surface area contributed by atoms with Crippen LogP contribution in [0.25, 0.3) is 11.1 Å². The van der Waals surface area contributed by atoms with E-state index in [1.165, 1.54) is 0 Å². The van der Waals surface area contributed by atoms with Gasteiger partial charge in [0.15, 0.2) is 6.61 Å². The van der Waals surface area contributed by atoms with Gasteiger partial charge in [0.05, 0.1) is 11.6 Å². The minimum atomic E-state index is -0.663. The normalized spacial score (nSPS) is 19.4. The molecule has 3 aromatic rings. The van der Waals surface area contributed by atoms with Crippen LogP contribution in [0.3, 0.4) is 0 Å². The van der Waals surface area contributed by atoms with Crippen LogP contribution in [0.5, 0.6) is 11.5 Å². The van der Waals surface area contributed by atoms with Gasteiger partial charge in [0, 0.05) is 45.1 Å². The van der Waals surface area contributed by atoms with Crippen molar-refractivity contribution in [3.8, 4) is 22.6 Å². The first kappa shape index (κ1) is 33.3. The van der Waals surface area contributed by atoms with Crippen LogP contribution in [0.2, 0.25) is 0 Å². The van der Waals surface area contributed by atoms with Crippen LogP contribution in [-0.4, -0.2) is 79.5 Å². The number of methoxy groups -OCH3 is 1. The van der Waals surface area contributed by atoms with E-state index in [4.69, 9.17) is 14.2 Å². The highest BCUT2D eigenvalue weighted by Crippen LogP contribution is 2.43. The average molecular weight is 656 g/mol. The zero-order valence-corrected chi connectivity index (χ0v) is 28.2. The van der Waals surface area contributed by atoms with Crippen molar-refractivity contribution >= 4 is 29.3 Å². The van der Waals surface area contributed by atoms with Crippen molar-refractivity contribution in [2.75, 3.05) is 49.8 Å². The van der Waals surface area contributed by atoms with E-state index < -0.39 is 17.6 Å². The number of aromatic hydroxyl groups is 1. The first-order valence-corrected chi connectivity index (χ1v) is 16.8. The highest BCUT2D eigenvalue weighted by molar-refractivity contribution is 6.01. The Bertz CT molecular complexity index is 1650. The molecule has 48 heavy (non-hydrogen) atoms. The molecule has 0 unspecified atom stereocenters. The summed E-state index contributed by atoms with van der Waals surface area (Å²) in [4.78, 5) is 46.4. The van der Waals surface area contributed by atoms with Crippen LogP contribution < -0.4 is 14.5 Å². The molecule has 0 radical (unpaired) electrons. The number of phenols is 1. The van der Waals surface area contributed by atoms with E-state index in [2.05, 4.69) is 12.1 Å². The number of anilines is 2. The monoisotopic (exact) mass is 655 g/mol. The number of piperidine rings is 1. The summed E-state index contributed by atoms with van der Waals surface area (Å²) in [6.45, 7) is 7.19. The molecule has 1 aliphatic carbocycles. The highest BCUT2D eigenvalue weighted by Gasteiger charge is 2.44. The third-order valence-electron chi connectivity index (χ3n) is 9.14. The molecule has 0 bridgehead atoms. The van der Waals surface area contributed by atoms with Crippen LogP contribution >= 0.6 is 0 Å². The first-order chi connectivity index (χ1) is 23.0. The second kappa shape index (κ2) is 13.9. The summed E-state index contributed by atoms with van der Waals surface area (Å²) in [6.07, 6.45) is 2.58. The number of rotatable bonds is 9. The molecule has 6 rings (SSSR count). The molecule has 3 amide bonds. The average Bonchev–Trinajstić information content (AvgIpc) is 3.90. The number of benzene rings is 3. The smallest absolute Gasteiger partial charge is 0.410 e. The van der Waals surface area contributed by atoms with Gasteiger partial charge < -0.3 is 34.0 Å². The number of carbonyl (C=O) groups is 3. The molecule has 3 aromatic carbocycles. The van der Waals surface area contributed by atoms with E-state index in [0.717, 1.165) is 29.5 Å². The standard InChI is InChI=1S/C38H45N3O7/c1-38(2,3)48-37(45)39-19-17-31(27-8-5-7-26(21-27)25-9-14-30(42)15-10-25)32(23-39)36(44)41(28-11-12-28)29-13-16-34-33(22-29)40(18-6-20-46-4)35(43)24-47-34/h5,7-10,13-16,21-22,28,31-32,42H,6,11-12,17-20,23-24H2,1-4H3/t31-,32+/m1/s1. The van der Waals surface area contributed by atoms with E-state index in [0.29, 0.717) is 49.7 Å². The molecule has 2 fully saturated rings. The fourth-order valence-electron chi connectivity index (χ4n) is 6.68. The van der Waals surface area contributed by atoms with Crippen molar-refractivity contribution in [2.45, 2.75) is 64.0 Å². The molecule has 1 saturated heterocycles. The fourth-order valence-corrected chi connectivity index (χ4v) is 6.68. The number of hydrogen-bond acceptors (Lipinski definition) is 7. The van der Waals surface area contributed by atoms with E-state index >= 15 is 0 Å². The van der Waals surface area contributed by atoms with E-state index in [1.807, 2.05) is 68.1 Å². The maximum atomic E-state index is 14.9. The molecule has 2 heterocycles. The first-order valence-electron chi connectivity index (χ1n) is 16.8. The largest absolute Gasteiger partial charge is 0.508 e. The van der Waals surface area contributed by atoms with Crippen molar-refractivity contribution in [1.82, 2.24) is 4.90 Å². The number of hydrogen-bond donors (Lipinski definition) is 1. The zero-order chi connectivity index (χ0) is 34.0. The minimum Gasteiger partial charge on any atom is -0.508 e. The Morgan fingerprint density at radius 2 is 1.77 bits per heavy atom. The molecule has 10 nitrogen and oxygen atoms in total. The zero-order valence-electron chi connectivity index (χ0n) is 28.2. The third-order valence-corrected chi connectivity index (χ3v) is 9.14. The van der Waals surface area contributed by atoms with Crippen molar-refractivity contribution in [3.05, 3.63) is 72.3 Å². The van der Waals surface area contributed by atoms with Crippen LogP contribution in [0.4, 0.5) is 16.2 Å². The lowest BCUT2D eigenvalue weighted by Crippen LogP contribution is -2.51. The lowest BCUT2D eigenvalue weighted by molar-refractivity contribution is -0.124. The van der Waals surface area contributed by atoms with Gasteiger partial charge in [0.25, 0.3) is 5.91 Å². The molecule has 1 saturated carbocycles. The Kier molecular flexibility index (Phi) is 9.64. The van der Waals surface area contributed by atoms with Gasteiger partial charge in [0.1, 0.15) is 17.1 Å². The number of ether oxygens (including phenoxy) is 3. The summed E-state index contributed by atoms with van der Waals surface area (Å²) in [5.74, 6) is -0.0621. The minimum absolute atomic E-state index is 0.0265. The van der Waals surface area contributed by atoms with Gasteiger partial charge in [0.2, 0.25) is 5.91 Å². The number of likely N-dealkylation sites (tertiary alicyclic amines) is 1. The summed E-state index contributed by atoms with van der Waals surface area (Å²) in [6, 6.07) is 20.9. The van der Waals surface area contributed by atoms with Crippen molar-refractivity contribution in [1.29, 1.82) is 0 Å². The molecule has 2 atom stereocenters. The Morgan fingerprint density at radius 3 is 2.48 bits per heavy atom. The lowest BCUT2D eigenvalue weighted by atomic mass is 9.78. The van der Waals surface area contributed by atoms with Crippen LogP contribution in [0.15, 0.2) is 66.7 Å². The predicted molar refractivity (Wildman–Crippen MR) is 183 cm³/mol. The third kappa shape index (κ3) is 7.44. The number of amides is 3. The van der Waals surface area contributed by atoms with Crippen molar-refractivity contribution in [2.24, 2.45) is 5.92 Å². The molecular weight excluding hydrogens is 610 g/mol. The van der Waals surface area contributed by atoms with Crippen LogP contribution in [0.1, 0.15) is 57.9 Å². The van der Waals surface area contributed by atoms with Gasteiger partial charge in [-0.15, -0.1) is 0 Å². The van der Waals surface area contributed by atoms with E-state index in [-0.39, 0.29) is 42.7 Å². The molecular formula is C38H45N3O7. The van der Waals surface area contributed by atoms with Gasteiger partial charge >= 0.3 is 6.09 Å². The highest BCUT2D eigenvalue weighted by atomic mass is 16.6. The molecule has 10 heteroatoms. The Labute approximate surface area is 282 Å². The second-order valence-electron chi connectivity index (χ2n) is 13.9. The number of phenolic OH excluding ortho intramolecular Hbond substituents is 1. The Balaban J connectivity index is 1.35. The van der Waals surface area contributed by atoms with E-state index in [1.54, 1.807) is 29.0 Å². The number of fused-ring (bicyclic) bond motifs is 1. The number of nitrogens with zero attached hydrogens (tertiary/aromatic N) is 3. The number of carbonyl (C=O) groups excluding carboxylic acids is 3. The van der Waals surface area contributed by atoms with E-state index in [9.17, 15) is 19.5 Å². The SMILES string of the molecule is COCCCN1C(=O)COc2ccc(N(C(=O)[C@H]3CN(C(=O)OC(C)(C)C)CC[C@@H]3c3cccc(-c4ccc(O)cc4)c3)C3CC3)cc21. The maximum Gasteiger partial charge on any atom is 0.410 e. The summed E-state index contributed by atoms with van der Waals surface area (Å²) < 4.78 is 16.7. The second-order valence-corrected chi connectivity index (χ2v) is 13.9. The van der Waals surface area contributed by atoms with Gasteiger partial charge in [-0.25, -0.2) is 4.79 Å². The Morgan fingerprint density at radius 1 is 1.00 bits per heavy atom. The maximum absolute atomic E-state index is 14.9. The predicted octanol–water partition coefficient (Wildman–Crippen LogP) is 6.36. The summed E-state index contributed by atoms with van der Waals surface area (Å²) in [5, 5.41) is 9.82. The quantitative estimate of drug-likeness (QED) is 0.268. The lowest BCUT2D eigenvalue weighted by Gasteiger charge is -2.41. The summed E-state index contributed by atoms with van der Waals surface area (Å²) >= 11 is 0. The van der Waals surface area contributed by atoms with Crippen molar-refractivity contribution in [3.63, 3.8) is 0 Å². The molecule has 2 aliphatic heterocycles. The van der Waals surface area contributed by atoms with Crippen molar-refractivity contribution < 1.29 is 33.7 Å². The topological polar surface area (TPSA) is 109 Å². The van der Waals surface area contributed by atoms with Gasteiger partial charge in [-0.3, -0.25) is 9.59 Å². The molecule has 254 valence electrons. The fraction of sp³-hybridized carbons (Fsp3) is 0.447. The van der Waals surface area contributed by atoms with Gasteiger partial charge in [-0.1, -0.05) is 36.4 Å². The molecule has 1 N–H and O–H groups in total. The summed E-state index contributed by atoms with van der Waals surface area (Å²) in [5.41, 5.74) is 3.67. The molecule has 0 aromatic heterocycles. The van der Waals surface area contributed by atoms with Crippen LogP contribution in [0, 0.1) is 5.92 Å². The van der Waals surface area contributed by atoms with Gasteiger partial charge in [-0.2, -0.15) is 0 Å². The van der Waals surface area contributed by atoms with Gasteiger partial charge in [-0.05, 0) is 99.4 Å².